The van der Waals surface area contributed by atoms with E-state index in [0.29, 0.717) is 31.9 Å². The lowest BCUT2D eigenvalue weighted by atomic mass is 10.1. The monoisotopic (exact) mass is 478 g/mol. The number of nitrogens with zero attached hydrogens (tertiary/aromatic N) is 3. The maximum Gasteiger partial charge on any atom is 0.310 e. The summed E-state index contributed by atoms with van der Waals surface area (Å²) in [6, 6.07) is 19.0. The second-order valence-electron chi connectivity index (χ2n) is 7.87. The lowest BCUT2D eigenvalue weighted by Gasteiger charge is -2.36. The molecule has 0 unspecified atom stereocenters. The Kier molecular flexibility index (Phi) is 7.20. The van der Waals surface area contributed by atoms with Crippen molar-refractivity contribution in [1.82, 2.24) is 4.90 Å². The summed E-state index contributed by atoms with van der Waals surface area (Å²) in [5.41, 5.74) is 1.35. The number of hydrogen-bond donors (Lipinski definition) is 1. The van der Waals surface area contributed by atoms with Crippen molar-refractivity contribution in [3.05, 3.63) is 94.3 Å². The van der Waals surface area contributed by atoms with Gasteiger partial charge in [0, 0.05) is 43.6 Å². The zero-order valence-electron chi connectivity index (χ0n) is 18.7. The fourth-order valence-corrected chi connectivity index (χ4v) is 3.80. The van der Waals surface area contributed by atoms with E-state index in [1.54, 1.807) is 35.2 Å². The summed E-state index contributed by atoms with van der Waals surface area (Å²) in [4.78, 5) is 39.0. The number of carbonyl (C=O) groups is 2. The minimum atomic E-state index is -0.568. The second-order valence-corrected chi connectivity index (χ2v) is 7.87. The predicted molar refractivity (Wildman–Crippen MR) is 128 cm³/mol. The van der Waals surface area contributed by atoms with E-state index in [-0.39, 0.29) is 29.5 Å². The normalized spacial score (nSPS) is 13.3. The number of anilines is 2. The molecule has 35 heavy (non-hydrogen) atoms. The highest BCUT2D eigenvalue weighted by molar-refractivity contribution is 5.94. The van der Waals surface area contributed by atoms with Gasteiger partial charge in [-0.1, -0.05) is 24.3 Å². The lowest BCUT2D eigenvalue weighted by molar-refractivity contribution is -0.385. The fourth-order valence-electron chi connectivity index (χ4n) is 3.80. The third kappa shape index (κ3) is 5.72. The Morgan fingerprint density at radius 3 is 2.29 bits per heavy atom. The number of amides is 2. The zero-order chi connectivity index (χ0) is 24.8. The first kappa shape index (κ1) is 23.7. The molecule has 3 aromatic rings. The van der Waals surface area contributed by atoms with Crippen molar-refractivity contribution in [3.63, 3.8) is 0 Å². The van der Waals surface area contributed by atoms with Gasteiger partial charge in [-0.25, -0.2) is 4.39 Å². The van der Waals surface area contributed by atoms with Gasteiger partial charge in [0.05, 0.1) is 10.5 Å². The van der Waals surface area contributed by atoms with Gasteiger partial charge in [0.25, 0.3) is 11.8 Å². The van der Waals surface area contributed by atoms with Crippen molar-refractivity contribution < 1.29 is 23.6 Å². The third-order valence-electron chi connectivity index (χ3n) is 5.61. The first-order chi connectivity index (χ1) is 16.9. The van der Waals surface area contributed by atoms with Crippen molar-refractivity contribution in [3.8, 4) is 5.75 Å². The Morgan fingerprint density at radius 2 is 1.60 bits per heavy atom. The average Bonchev–Trinajstić information content (AvgIpc) is 2.88. The highest BCUT2D eigenvalue weighted by Crippen LogP contribution is 2.26. The van der Waals surface area contributed by atoms with Crippen molar-refractivity contribution in [2.45, 2.75) is 0 Å². The minimum Gasteiger partial charge on any atom is -0.477 e. The number of rotatable bonds is 7. The van der Waals surface area contributed by atoms with Crippen LogP contribution < -0.4 is 15.0 Å². The third-order valence-corrected chi connectivity index (χ3v) is 5.61. The number of nitro groups is 1. The number of para-hydroxylation sites is 2. The molecule has 3 aromatic carbocycles. The molecule has 9 nitrogen and oxygen atoms in total. The highest BCUT2D eigenvalue weighted by atomic mass is 19.1. The average molecular weight is 478 g/mol. The molecule has 1 aliphatic heterocycles. The SMILES string of the molecule is O=C(COc1ccccc1[N+](=O)[O-])Nc1ccc(N2CCN(C(=O)c3ccccc3F)CC2)cc1. The molecule has 180 valence electrons. The number of carbonyl (C=O) groups excluding carboxylic acids is 2. The Balaban J connectivity index is 1.28. The minimum absolute atomic E-state index is 0.0237. The largest absolute Gasteiger partial charge is 0.477 e. The zero-order valence-corrected chi connectivity index (χ0v) is 18.7. The van der Waals surface area contributed by atoms with Crippen LogP contribution in [0.3, 0.4) is 0 Å². The van der Waals surface area contributed by atoms with Crippen molar-refractivity contribution >= 4 is 28.9 Å². The van der Waals surface area contributed by atoms with Gasteiger partial charge in [0.15, 0.2) is 12.4 Å². The van der Waals surface area contributed by atoms with E-state index >= 15 is 0 Å². The van der Waals surface area contributed by atoms with Crippen molar-refractivity contribution in [2.75, 3.05) is 43.0 Å². The summed E-state index contributed by atoms with van der Waals surface area (Å²) in [5, 5.41) is 13.7. The second kappa shape index (κ2) is 10.6. The van der Waals surface area contributed by atoms with Gasteiger partial charge in [0.2, 0.25) is 0 Å². The number of halogens is 1. The molecule has 0 aliphatic carbocycles. The lowest BCUT2D eigenvalue weighted by Crippen LogP contribution is -2.49. The van der Waals surface area contributed by atoms with Crippen molar-refractivity contribution in [1.29, 1.82) is 0 Å². The maximum atomic E-state index is 13.9. The van der Waals surface area contributed by atoms with E-state index < -0.39 is 16.6 Å². The molecule has 0 aromatic heterocycles. The molecule has 0 bridgehead atoms. The van der Waals surface area contributed by atoms with Crippen LogP contribution in [0.25, 0.3) is 0 Å². The van der Waals surface area contributed by atoms with E-state index in [0.717, 1.165) is 5.69 Å². The first-order valence-electron chi connectivity index (χ1n) is 11.0. The van der Waals surface area contributed by atoms with Crippen LogP contribution in [-0.2, 0) is 4.79 Å². The summed E-state index contributed by atoms with van der Waals surface area (Å²) < 4.78 is 19.2. The molecule has 2 amide bonds. The molecule has 1 fully saturated rings. The van der Waals surface area contributed by atoms with E-state index in [1.165, 1.54) is 30.3 Å². The standard InChI is InChI=1S/C25H23FN4O5/c26-21-6-2-1-5-20(21)25(32)29-15-13-28(14-16-29)19-11-9-18(10-12-19)27-24(31)17-35-23-8-4-3-7-22(23)30(33)34/h1-12H,13-17H2,(H,27,31). The molecular weight excluding hydrogens is 455 g/mol. The van der Waals surface area contributed by atoms with Crippen LogP contribution in [0, 0.1) is 15.9 Å². The highest BCUT2D eigenvalue weighted by Gasteiger charge is 2.24. The van der Waals surface area contributed by atoms with Crippen molar-refractivity contribution in [2.24, 2.45) is 0 Å². The Labute approximate surface area is 200 Å². The Morgan fingerprint density at radius 1 is 0.943 bits per heavy atom. The molecule has 1 aliphatic rings. The molecule has 0 radical (unpaired) electrons. The molecule has 0 atom stereocenters. The van der Waals surface area contributed by atoms with Gasteiger partial charge >= 0.3 is 5.69 Å². The Bertz CT molecular complexity index is 1230. The summed E-state index contributed by atoms with van der Waals surface area (Å²) in [6.45, 7) is 1.75. The van der Waals surface area contributed by atoms with Crippen LogP contribution in [0.15, 0.2) is 72.8 Å². The van der Waals surface area contributed by atoms with E-state index in [4.69, 9.17) is 4.74 Å². The molecule has 1 N–H and O–H groups in total. The molecule has 1 heterocycles. The van der Waals surface area contributed by atoms with E-state index in [2.05, 4.69) is 10.2 Å². The topological polar surface area (TPSA) is 105 Å². The molecular formula is C25H23FN4O5. The number of nitrogens with one attached hydrogen (secondary N) is 1. The van der Waals surface area contributed by atoms with Gasteiger partial charge in [-0.05, 0) is 42.5 Å². The smallest absolute Gasteiger partial charge is 0.310 e. The van der Waals surface area contributed by atoms with Crippen LogP contribution in [-0.4, -0.2) is 54.4 Å². The van der Waals surface area contributed by atoms with Crippen LogP contribution in [0.5, 0.6) is 5.75 Å². The predicted octanol–water partition coefficient (Wildman–Crippen LogP) is 3.71. The van der Waals surface area contributed by atoms with Gasteiger partial charge in [-0.3, -0.25) is 19.7 Å². The van der Waals surface area contributed by atoms with Crippen LogP contribution in [0.4, 0.5) is 21.5 Å². The van der Waals surface area contributed by atoms with E-state index in [1.807, 2.05) is 12.1 Å². The number of ether oxygens (including phenoxy) is 1. The summed E-state index contributed by atoms with van der Waals surface area (Å²) in [6.07, 6.45) is 0. The number of piperazine rings is 1. The summed E-state index contributed by atoms with van der Waals surface area (Å²) in [7, 11) is 0. The first-order valence-corrected chi connectivity index (χ1v) is 11.0. The number of hydrogen-bond acceptors (Lipinski definition) is 6. The van der Waals surface area contributed by atoms with Gasteiger partial charge in [-0.2, -0.15) is 0 Å². The quantitative estimate of drug-likeness (QED) is 0.410. The maximum absolute atomic E-state index is 13.9. The molecule has 10 heteroatoms. The van der Waals surface area contributed by atoms with Crippen LogP contribution in [0.2, 0.25) is 0 Å². The number of nitro benzene ring substituents is 1. The van der Waals surface area contributed by atoms with Gasteiger partial charge < -0.3 is 19.9 Å². The molecule has 0 spiro atoms. The molecule has 0 saturated carbocycles. The summed E-state index contributed by atoms with van der Waals surface area (Å²) >= 11 is 0. The fraction of sp³-hybridized carbons (Fsp3) is 0.200. The Hall–Kier alpha value is -4.47. The van der Waals surface area contributed by atoms with Crippen LogP contribution >= 0.6 is 0 Å². The van der Waals surface area contributed by atoms with Crippen LogP contribution in [0.1, 0.15) is 10.4 Å². The molecule has 4 rings (SSSR count). The van der Waals surface area contributed by atoms with Gasteiger partial charge in [0.1, 0.15) is 5.82 Å². The molecule has 1 saturated heterocycles. The van der Waals surface area contributed by atoms with Gasteiger partial charge in [-0.15, -0.1) is 0 Å². The van der Waals surface area contributed by atoms with E-state index in [9.17, 15) is 24.1 Å². The number of benzene rings is 3. The summed E-state index contributed by atoms with van der Waals surface area (Å²) in [5.74, 6) is -1.26.